The molecule has 0 amide bonds. The van der Waals surface area contributed by atoms with Crippen molar-refractivity contribution in [3.8, 4) is 0 Å². The Morgan fingerprint density at radius 1 is 1.17 bits per heavy atom. The van der Waals surface area contributed by atoms with Crippen LogP contribution in [0.3, 0.4) is 0 Å². The number of para-hydroxylation sites is 1. The van der Waals surface area contributed by atoms with Crippen LogP contribution in [-0.4, -0.2) is 5.11 Å². The number of hydrogen-bond acceptors (Lipinski definition) is 2. The minimum atomic E-state index is 0.0563. The predicted molar refractivity (Wildman–Crippen MR) is 78.6 cm³/mol. The quantitative estimate of drug-likeness (QED) is 0.899. The van der Waals surface area contributed by atoms with E-state index >= 15 is 0 Å². The molecular weight excluding hydrogens is 290 g/mol. The van der Waals surface area contributed by atoms with E-state index < -0.39 is 0 Å². The largest absolute Gasteiger partial charge is 0.392 e. The van der Waals surface area contributed by atoms with Gasteiger partial charge in [0.1, 0.15) is 0 Å². The highest BCUT2D eigenvalue weighted by molar-refractivity contribution is 9.10. The molecule has 0 radical (unpaired) electrons. The van der Waals surface area contributed by atoms with Gasteiger partial charge < -0.3 is 10.4 Å². The molecule has 0 bridgehead atoms. The molecule has 0 unspecified atom stereocenters. The number of aryl methyl sites for hydroxylation is 1. The van der Waals surface area contributed by atoms with Crippen LogP contribution in [0.25, 0.3) is 0 Å². The average molecular weight is 306 g/mol. The van der Waals surface area contributed by atoms with E-state index in [2.05, 4.69) is 46.4 Å². The number of aliphatic hydroxyl groups excluding tert-OH is 1. The molecular formula is C15H16BrNO. The minimum absolute atomic E-state index is 0.0563. The standard InChI is InChI=1S/C15H16BrNO/c1-11-6-7-12(8-14(11)16)9-17-15-5-3-2-4-13(15)10-18/h2-8,17-18H,9-10H2,1H3. The van der Waals surface area contributed by atoms with E-state index in [1.807, 2.05) is 24.3 Å². The van der Waals surface area contributed by atoms with Gasteiger partial charge in [-0.1, -0.05) is 46.3 Å². The van der Waals surface area contributed by atoms with E-state index in [1.54, 1.807) is 0 Å². The maximum atomic E-state index is 9.25. The van der Waals surface area contributed by atoms with Crippen LogP contribution in [-0.2, 0) is 13.2 Å². The molecule has 2 N–H and O–H groups in total. The van der Waals surface area contributed by atoms with Crippen LogP contribution in [0, 0.1) is 6.92 Å². The van der Waals surface area contributed by atoms with Crippen molar-refractivity contribution in [2.45, 2.75) is 20.1 Å². The Hall–Kier alpha value is -1.32. The molecule has 0 aliphatic carbocycles. The second kappa shape index (κ2) is 6.03. The van der Waals surface area contributed by atoms with E-state index in [0.29, 0.717) is 0 Å². The number of anilines is 1. The van der Waals surface area contributed by atoms with E-state index in [1.165, 1.54) is 11.1 Å². The Labute approximate surface area is 116 Å². The topological polar surface area (TPSA) is 32.3 Å². The van der Waals surface area contributed by atoms with Gasteiger partial charge in [0.2, 0.25) is 0 Å². The van der Waals surface area contributed by atoms with Gasteiger partial charge in [-0.25, -0.2) is 0 Å². The lowest BCUT2D eigenvalue weighted by Gasteiger charge is -2.11. The molecule has 2 nitrogen and oxygen atoms in total. The zero-order chi connectivity index (χ0) is 13.0. The maximum Gasteiger partial charge on any atom is 0.0701 e. The van der Waals surface area contributed by atoms with E-state index in [0.717, 1.165) is 22.3 Å². The maximum absolute atomic E-state index is 9.25. The Morgan fingerprint density at radius 2 is 1.94 bits per heavy atom. The molecule has 0 saturated heterocycles. The molecule has 0 fully saturated rings. The van der Waals surface area contributed by atoms with Crippen LogP contribution in [0.1, 0.15) is 16.7 Å². The summed E-state index contributed by atoms with van der Waals surface area (Å²) in [4.78, 5) is 0. The summed E-state index contributed by atoms with van der Waals surface area (Å²) in [6, 6.07) is 14.1. The molecule has 0 atom stereocenters. The van der Waals surface area contributed by atoms with Gasteiger partial charge in [0.05, 0.1) is 6.61 Å². The predicted octanol–water partition coefficient (Wildman–Crippen LogP) is 3.86. The van der Waals surface area contributed by atoms with Crippen molar-refractivity contribution >= 4 is 21.6 Å². The van der Waals surface area contributed by atoms with Gasteiger partial charge in [-0.3, -0.25) is 0 Å². The highest BCUT2D eigenvalue weighted by Crippen LogP contribution is 2.20. The third kappa shape index (κ3) is 3.12. The molecule has 2 aromatic carbocycles. The lowest BCUT2D eigenvalue weighted by molar-refractivity contribution is 0.282. The van der Waals surface area contributed by atoms with Gasteiger partial charge in [-0.15, -0.1) is 0 Å². The van der Waals surface area contributed by atoms with Crippen molar-refractivity contribution in [2.24, 2.45) is 0 Å². The van der Waals surface area contributed by atoms with Gasteiger partial charge in [-0.2, -0.15) is 0 Å². The molecule has 18 heavy (non-hydrogen) atoms. The third-order valence-electron chi connectivity index (χ3n) is 2.91. The first kappa shape index (κ1) is 13.1. The monoisotopic (exact) mass is 305 g/mol. The first-order valence-electron chi connectivity index (χ1n) is 5.88. The molecule has 94 valence electrons. The zero-order valence-electron chi connectivity index (χ0n) is 10.3. The van der Waals surface area contributed by atoms with Crippen LogP contribution in [0.15, 0.2) is 46.9 Å². The molecule has 2 aromatic rings. The Kier molecular flexibility index (Phi) is 4.39. The number of halogens is 1. The SMILES string of the molecule is Cc1ccc(CNc2ccccc2CO)cc1Br. The van der Waals surface area contributed by atoms with Gasteiger partial charge in [-0.05, 0) is 30.2 Å². The normalized spacial score (nSPS) is 10.4. The van der Waals surface area contributed by atoms with Crippen LogP contribution < -0.4 is 5.32 Å². The summed E-state index contributed by atoms with van der Waals surface area (Å²) in [7, 11) is 0. The van der Waals surface area contributed by atoms with Crippen LogP contribution in [0.4, 0.5) is 5.69 Å². The van der Waals surface area contributed by atoms with Gasteiger partial charge in [0, 0.05) is 22.3 Å². The second-order valence-electron chi connectivity index (χ2n) is 4.25. The Bertz CT molecular complexity index is 540. The lowest BCUT2D eigenvalue weighted by Crippen LogP contribution is -2.02. The van der Waals surface area contributed by atoms with Crippen molar-refractivity contribution in [2.75, 3.05) is 5.32 Å². The highest BCUT2D eigenvalue weighted by atomic mass is 79.9. The zero-order valence-corrected chi connectivity index (χ0v) is 11.9. The molecule has 0 aliphatic heterocycles. The number of rotatable bonds is 4. The van der Waals surface area contributed by atoms with Gasteiger partial charge >= 0.3 is 0 Å². The third-order valence-corrected chi connectivity index (χ3v) is 3.76. The summed E-state index contributed by atoms with van der Waals surface area (Å²) in [5.41, 5.74) is 4.34. The van der Waals surface area contributed by atoms with Crippen LogP contribution in [0.2, 0.25) is 0 Å². The summed E-state index contributed by atoms with van der Waals surface area (Å²) in [5, 5.41) is 12.6. The number of aliphatic hydroxyl groups is 1. The van der Waals surface area contributed by atoms with E-state index in [-0.39, 0.29) is 6.61 Å². The number of nitrogens with one attached hydrogen (secondary N) is 1. The smallest absolute Gasteiger partial charge is 0.0701 e. The van der Waals surface area contributed by atoms with Crippen molar-refractivity contribution in [1.29, 1.82) is 0 Å². The fourth-order valence-electron chi connectivity index (χ4n) is 1.77. The van der Waals surface area contributed by atoms with Crippen molar-refractivity contribution < 1.29 is 5.11 Å². The minimum Gasteiger partial charge on any atom is -0.392 e. The molecule has 0 saturated carbocycles. The van der Waals surface area contributed by atoms with E-state index in [9.17, 15) is 5.11 Å². The van der Waals surface area contributed by atoms with E-state index in [4.69, 9.17) is 0 Å². The van der Waals surface area contributed by atoms with Gasteiger partial charge in [0.25, 0.3) is 0 Å². The summed E-state index contributed by atoms with van der Waals surface area (Å²) < 4.78 is 1.12. The molecule has 2 rings (SSSR count). The first-order valence-corrected chi connectivity index (χ1v) is 6.67. The summed E-state index contributed by atoms with van der Waals surface area (Å²) >= 11 is 3.53. The average Bonchev–Trinajstić information content (AvgIpc) is 2.40. The fraction of sp³-hybridized carbons (Fsp3) is 0.200. The summed E-state index contributed by atoms with van der Waals surface area (Å²) in [5.74, 6) is 0. The first-order chi connectivity index (χ1) is 8.70. The number of benzene rings is 2. The van der Waals surface area contributed by atoms with Gasteiger partial charge in [0.15, 0.2) is 0 Å². The summed E-state index contributed by atoms with van der Waals surface area (Å²) in [6.07, 6.45) is 0. The highest BCUT2D eigenvalue weighted by Gasteiger charge is 2.01. The van der Waals surface area contributed by atoms with Crippen molar-refractivity contribution in [3.05, 3.63) is 63.6 Å². The second-order valence-corrected chi connectivity index (χ2v) is 5.11. The molecule has 0 heterocycles. The summed E-state index contributed by atoms with van der Waals surface area (Å²) in [6.45, 7) is 2.87. The lowest BCUT2D eigenvalue weighted by atomic mass is 10.1. The Balaban J connectivity index is 2.09. The van der Waals surface area contributed by atoms with Crippen molar-refractivity contribution in [1.82, 2.24) is 0 Å². The molecule has 0 aliphatic rings. The fourth-order valence-corrected chi connectivity index (χ4v) is 2.20. The Morgan fingerprint density at radius 3 is 2.67 bits per heavy atom. The van der Waals surface area contributed by atoms with Crippen molar-refractivity contribution in [3.63, 3.8) is 0 Å². The molecule has 0 aromatic heterocycles. The van der Waals surface area contributed by atoms with Crippen LogP contribution >= 0.6 is 15.9 Å². The molecule has 0 spiro atoms. The molecule has 3 heteroatoms. The number of hydrogen-bond donors (Lipinski definition) is 2. The van der Waals surface area contributed by atoms with Crippen LogP contribution in [0.5, 0.6) is 0 Å².